The van der Waals surface area contributed by atoms with Gasteiger partial charge in [0.1, 0.15) is 0 Å². The quantitative estimate of drug-likeness (QED) is 0.800. The summed E-state index contributed by atoms with van der Waals surface area (Å²) in [6.45, 7) is 0. The van der Waals surface area contributed by atoms with Crippen molar-refractivity contribution in [2.75, 3.05) is 0 Å². The molecule has 1 aliphatic carbocycles. The lowest BCUT2D eigenvalue weighted by Gasteiger charge is -2.20. The second kappa shape index (κ2) is 3.79. The van der Waals surface area contributed by atoms with Gasteiger partial charge in [0.15, 0.2) is 23.0 Å². The number of hydrogen-bond acceptors (Lipinski definition) is 3. The highest BCUT2D eigenvalue weighted by Gasteiger charge is 2.16. The highest BCUT2D eigenvalue weighted by atomic mass is 127. The highest BCUT2D eigenvalue weighted by molar-refractivity contribution is 14.1. The van der Waals surface area contributed by atoms with Crippen molar-refractivity contribution in [1.29, 1.82) is 0 Å². The number of nitrogens with two attached hydrogens (primary N) is 1. The van der Waals surface area contributed by atoms with Crippen LogP contribution in [0.25, 0.3) is 0 Å². The molecule has 1 atom stereocenters. The summed E-state index contributed by atoms with van der Waals surface area (Å²) in [6.07, 6.45) is 2.96. The number of halogens is 1. The Labute approximate surface area is 91.4 Å². The van der Waals surface area contributed by atoms with Gasteiger partial charge in [-0.15, -0.1) is 0 Å². The van der Waals surface area contributed by atoms with E-state index in [1.54, 1.807) is 0 Å². The zero-order valence-electron chi connectivity index (χ0n) is 7.16. The fourth-order valence-corrected chi connectivity index (χ4v) is 1.91. The van der Waals surface area contributed by atoms with Crippen molar-refractivity contribution >= 4 is 23.0 Å². The Hall–Kier alpha value is -0.360. The molecule has 70 valence electrons. The minimum Gasteiger partial charge on any atom is -0.408 e. The van der Waals surface area contributed by atoms with Crippen LogP contribution in [-0.2, 0) is 12.8 Å². The van der Waals surface area contributed by atoms with Crippen LogP contribution in [0.15, 0.2) is 12.1 Å². The second-order valence-electron chi connectivity index (χ2n) is 3.34. The van der Waals surface area contributed by atoms with Gasteiger partial charge < -0.3 is 8.80 Å². The third-order valence-corrected chi connectivity index (χ3v) is 2.81. The summed E-state index contributed by atoms with van der Waals surface area (Å²) in [7, 11) is 0. The van der Waals surface area contributed by atoms with Crippen molar-refractivity contribution in [1.82, 2.24) is 4.98 Å². The van der Waals surface area contributed by atoms with Crippen LogP contribution in [0.3, 0.4) is 0 Å². The van der Waals surface area contributed by atoms with Gasteiger partial charge >= 0.3 is 0 Å². The molecule has 3 nitrogen and oxygen atoms in total. The molecule has 2 N–H and O–H groups in total. The Bertz CT molecular complexity index is 316. The molecule has 0 spiro atoms. The van der Waals surface area contributed by atoms with E-state index in [9.17, 15) is 0 Å². The number of aromatic nitrogens is 1. The van der Waals surface area contributed by atoms with E-state index in [1.807, 2.05) is 29.1 Å². The normalized spacial score (nSPS) is 20.9. The SMILES string of the molecule is NC1CCc2nc(OI)ccc2C1. The summed E-state index contributed by atoms with van der Waals surface area (Å²) in [4.78, 5) is 4.38. The molecule has 2 rings (SSSR count). The lowest BCUT2D eigenvalue weighted by molar-refractivity contribution is 0.558. The fourth-order valence-electron chi connectivity index (χ4n) is 1.66. The van der Waals surface area contributed by atoms with Crippen molar-refractivity contribution in [2.45, 2.75) is 25.3 Å². The molecule has 0 bridgehead atoms. The molecule has 0 fully saturated rings. The maximum Gasteiger partial charge on any atom is 0.224 e. The van der Waals surface area contributed by atoms with Gasteiger partial charge in [0.2, 0.25) is 5.88 Å². The van der Waals surface area contributed by atoms with E-state index in [0.717, 1.165) is 25.0 Å². The summed E-state index contributed by atoms with van der Waals surface area (Å²) < 4.78 is 5.03. The molecule has 0 saturated heterocycles. The molecule has 13 heavy (non-hydrogen) atoms. The highest BCUT2D eigenvalue weighted by Crippen LogP contribution is 2.22. The van der Waals surface area contributed by atoms with Crippen LogP contribution < -0.4 is 8.80 Å². The van der Waals surface area contributed by atoms with Gasteiger partial charge in [-0.25, -0.2) is 4.98 Å². The molecule has 0 aliphatic heterocycles. The Balaban J connectivity index is 2.31. The minimum atomic E-state index is 0.306. The lowest BCUT2D eigenvalue weighted by atomic mass is 9.92. The van der Waals surface area contributed by atoms with Crippen LogP contribution in [0.4, 0.5) is 0 Å². The van der Waals surface area contributed by atoms with Crippen molar-refractivity contribution in [3.8, 4) is 5.88 Å². The first-order valence-corrected chi connectivity index (χ1v) is 5.20. The van der Waals surface area contributed by atoms with Crippen LogP contribution in [0.1, 0.15) is 17.7 Å². The molecule has 1 aromatic heterocycles. The number of rotatable bonds is 1. The third kappa shape index (κ3) is 1.94. The largest absolute Gasteiger partial charge is 0.408 e. The third-order valence-electron chi connectivity index (χ3n) is 2.36. The van der Waals surface area contributed by atoms with Gasteiger partial charge in [0.05, 0.1) is 0 Å². The first-order valence-electron chi connectivity index (χ1n) is 4.32. The monoisotopic (exact) mass is 290 g/mol. The molecule has 0 radical (unpaired) electrons. The van der Waals surface area contributed by atoms with Crippen molar-refractivity contribution < 1.29 is 3.07 Å². The molecule has 0 saturated carbocycles. The van der Waals surface area contributed by atoms with Crippen LogP contribution in [0.5, 0.6) is 5.88 Å². The molecule has 1 aromatic rings. The molecular formula is C9H11IN2O. The van der Waals surface area contributed by atoms with Crippen LogP contribution in [0.2, 0.25) is 0 Å². The predicted octanol–water partition coefficient (Wildman–Crippen LogP) is 1.63. The van der Waals surface area contributed by atoms with E-state index >= 15 is 0 Å². The number of hydrogen-bond donors (Lipinski definition) is 1. The predicted molar refractivity (Wildman–Crippen MR) is 58.9 cm³/mol. The van der Waals surface area contributed by atoms with Gasteiger partial charge in [-0.2, -0.15) is 0 Å². The molecule has 0 aromatic carbocycles. The summed E-state index contributed by atoms with van der Waals surface area (Å²) in [6, 6.07) is 4.26. The summed E-state index contributed by atoms with van der Waals surface area (Å²) in [5.41, 5.74) is 8.28. The number of aryl methyl sites for hydroxylation is 1. The average Bonchev–Trinajstić information content (AvgIpc) is 2.17. The summed E-state index contributed by atoms with van der Waals surface area (Å²) in [5, 5.41) is 0. The Morgan fingerprint density at radius 3 is 3.15 bits per heavy atom. The van der Waals surface area contributed by atoms with E-state index in [-0.39, 0.29) is 0 Å². The van der Waals surface area contributed by atoms with E-state index in [2.05, 4.69) is 11.1 Å². The van der Waals surface area contributed by atoms with Crippen molar-refractivity contribution in [3.63, 3.8) is 0 Å². The zero-order chi connectivity index (χ0) is 9.26. The van der Waals surface area contributed by atoms with Gasteiger partial charge in [-0.1, -0.05) is 6.07 Å². The zero-order valence-corrected chi connectivity index (χ0v) is 9.32. The Kier molecular flexibility index (Phi) is 2.69. The average molecular weight is 290 g/mol. The van der Waals surface area contributed by atoms with Crippen molar-refractivity contribution in [2.24, 2.45) is 5.73 Å². The number of fused-ring (bicyclic) bond motifs is 1. The topological polar surface area (TPSA) is 48.1 Å². The maximum absolute atomic E-state index is 5.86. The Morgan fingerprint density at radius 2 is 2.38 bits per heavy atom. The lowest BCUT2D eigenvalue weighted by Crippen LogP contribution is -2.28. The molecule has 1 aliphatic rings. The first kappa shape index (κ1) is 9.21. The van der Waals surface area contributed by atoms with E-state index < -0.39 is 0 Å². The number of nitrogens with zero attached hydrogens (tertiary/aromatic N) is 1. The standard InChI is InChI=1S/C9H11IN2O/c10-13-9-4-1-6-5-7(11)2-3-8(6)12-9/h1,4,7H,2-3,5,11H2. The van der Waals surface area contributed by atoms with Crippen molar-refractivity contribution in [3.05, 3.63) is 23.4 Å². The minimum absolute atomic E-state index is 0.306. The molecule has 4 heteroatoms. The molecular weight excluding hydrogens is 279 g/mol. The summed E-state index contributed by atoms with van der Waals surface area (Å²) in [5.74, 6) is 0.690. The second-order valence-corrected chi connectivity index (χ2v) is 3.78. The van der Waals surface area contributed by atoms with Gasteiger partial charge in [-0.05, 0) is 24.8 Å². The first-order chi connectivity index (χ1) is 6.29. The van der Waals surface area contributed by atoms with Crippen LogP contribution >= 0.6 is 23.0 Å². The fraction of sp³-hybridized carbons (Fsp3) is 0.444. The van der Waals surface area contributed by atoms with E-state index in [1.165, 1.54) is 5.56 Å². The van der Waals surface area contributed by atoms with Crippen LogP contribution in [-0.4, -0.2) is 11.0 Å². The van der Waals surface area contributed by atoms with E-state index in [4.69, 9.17) is 8.80 Å². The smallest absolute Gasteiger partial charge is 0.224 e. The molecule has 0 amide bonds. The Morgan fingerprint density at radius 1 is 1.54 bits per heavy atom. The van der Waals surface area contributed by atoms with Crippen LogP contribution in [0, 0.1) is 0 Å². The summed E-state index contributed by atoms with van der Waals surface area (Å²) >= 11 is 1.85. The van der Waals surface area contributed by atoms with Gasteiger partial charge in [0, 0.05) is 17.8 Å². The maximum atomic E-state index is 5.86. The van der Waals surface area contributed by atoms with E-state index in [0.29, 0.717) is 11.9 Å². The van der Waals surface area contributed by atoms with Gasteiger partial charge in [-0.3, -0.25) is 0 Å². The molecule has 1 heterocycles. The number of pyridine rings is 1. The molecule has 1 unspecified atom stereocenters. The van der Waals surface area contributed by atoms with Gasteiger partial charge in [0.25, 0.3) is 0 Å².